The molecule has 0 aromatic heterocycles. The molecule has 1 N–H and O–H groups in total. The second-order valence-corrected chi connectivity index (χ2v) is 11.5. The molecule has 2 aromatic carbocycles. The third-order valence-corrected chi connectivity index (χ3v) is 7.94. The van der Waals surface area contributed by atoms with Crippen molar-refractivity contribution in [3.05, 3.63) is 52.0 Å². The second-order valence-electron chi connectivity index (χ2n) is 8.82. The van der Waals surface area contributed by atoms with Crippen LogP contribution in [0.25, 0.3) is 0 Å². The smallest absolute Gasteiger partial charge is 0.244 e. The van der Waals surface area contributed by atoms with Gasteiger partial charge in [0.25, 0.3) is 0 Å². The minimum Gasteiger partial charge on any atom is -0.493 e. The van der Waals surface area contributed by atoms with E-state index in [0.29, 0.717) is 39.9 Å². The molecule has 0 heterocycles. The molecule has 0 aliphatic rings. The average molecular weight is 589 g/mol. The highest BCUT2D eigenvalue weighted by Crippen LogP contribution is 2.32. The quantitative estimate of drug-likeness (QED) is 0.370. The summed E-state index contributed by atoms with van der Waals surface area (Å²) in [6.07, 6.45) is 2.03. The Balaban J connectivity index is 2.51. The standard InChI is InChI=1S/C26H35Cl2N3O6S/c1-7-17(3)29-26(33)22(8-2)30(15-18-9-11-20(27)21(28)13-18)25(32)16-31(38(6,34)35)19-10-12-23(36-4)24(14-19)37-5/h9-14,17,22H,7-8,15-16H2,1-6H3,(H,29,33). The molecule has 0 fully saturated rings. The Labute approximate surface area is 235 Å². The fraction of sp³-hybridized carbons (Fsp3) is 0.462. The normalized spacial score (nSPS) is 12.8. The van der Waals surface area contributed by atoms with Gasteiger partial charge in [0.05, 0.1) is 36.2 Å². The second kappa shape index (κ2) is 13.9. The van der Waals surface area contributed by atoms with Gasteiger partial charge in [-0.3, -0.25) is 13.9 Å². The lowest BCUT2D eigenvalue weighted by atomic mass is 10.1. The van der Waals surface area contributed by atoms with E-state index in [4.69, 9.17) is 32.7 Å². The molecular formula is C26H35Cl2N3O6S. The van der Waals surface area contributed by atoms with E-state index < -0.39 is 28.5 Å². The van der Waals surface area contributed by atoms with Gasteiger partial charge in [0, 0.05) is 18.7 Å². The molecule has 2 unspecified atom stereocenters. The van der Waals surface area contributed by atoms with Gasteiger partial charge in [-0.15, -0.1) is 0 Å². The topological polar surface area (TPSA) is 105 Å². The van der Waals surface area contributed by atoms with E-state index in [-0.39, 0.29) is 24.2 Å². The Hall–Kier alpha value is -2.69. The molecule has 2 aromatic rings. The fourth-order valence-electron chi connectivity index (χ4n) is 3.79. The summed E-state index contributed by atoms with van der Waals surface area (Å²) in [5, 5.41) is 3.58. The lowest BCUT2D eigenvalue weighted by Crippen LogP contribution is -2.53. The Bertz CT molecular complexity index is 1240. The van der Waals surface area contributed by atoms with Crippen LogP contribution in [0.2, 0.25) is 10.0 Å². The maximum Gasteiger partial charge on any atom is 0.244 e. The van der Waals surface area contributed by atoms with Crippen LogP contribution in [0.1, 0.15) is 39.2 Å². The number of carbonyl (C=O) groups excluding carboxylic acids is 2. The minimum absolute atomic E-state index is 0.0195. The number of anilines is 1. The summed E-state index contributed by atoms with van der Waals surface area (Å²) in [6, 6.07) is 8.53. The number of hydrogen-bond acceptors (Lipinski definition) is 6. The van der Waals surface area contributed by atoms with Crippen molar-refractivity contribution in [2.75, 3.05) is 31.3 Å². The van der Waals surface area contributed by atoms with Crippen LogP contribution >= 0.6 is 23.2 Å². The molecule has 9 nitrogen and oxygen atoms in total. The summed E-state index contributed by atoms with van der Waals surface area (Å²) < 4.78 is 37.1. The van der Waals surface area contributed by atoms with Gasteiger partial charge in [0.1, 0.15) is 12.6 Å². The molecule has 2 amide bonds. The van der Waals surface area contributed by atoms with Crippen molar-refractivity contribution in [1.82, 2.24) is 10.2 Å². The Morgan fingerprint density at radius 2 is 1.63 bits per heavy atom. The van der Waals surface area contributed by atoms with Crippen LogP contribution in [0.5, 0.6) is 11.5 Å². The van der Waals surface area contributed by atoms with E-state index in [1.54, 1.807) is 31.2 Å². The number of sulfonamides is 1. The first-order valence-electron chi connectivity index (χ1n) is 12.1. The number of nitrogens with one attached hydrogen (secondary N) is 1. The van der Waals surface area contributed by atoms with Crippen molar-refractivity contribution in [3.8, 4) is 11.5 Å². The zero-order valence-corrected chi connectivity index (χ0v) is 24.8. The highest BCUT2D eigenvalue weighted by atomic mass is 35.5. The van der Waals surface area contributed by atoms with E-state index in [0.717, 1.165) is 10.6 Å². The maximum atomic E-state index is 13.8. The van der Waals surface area contributed by atoms with Gasteiger partial charge in [-0.25, -0.2) is 8.42 Å². The van der Waals surface area contributed by atoms with Crippen molar-refractivity contribution in [2.24, 2.45) is 0 Å². The number of benzene rings is 2. The molecule has 0 spiro atoms. The molecular weight excluding hydrogens is 553 g/mol. The van der Waals surface area contributed by atoms with Gasteiger partial charge < -0.3 is 19.7 Å². The first-order valence-corrected chi connectivity index (χ1v) is 14.7. The number of nitrogens with zero attached hydrogens (tertiary/aromatic N) is 2. The summed E-state index contributed by atoms with van der Waals surface area (Å²) in [6.45, 7) is 5.09. The van der Waals surface area contributed by atoms with E-state index in [1.165, 1.54) is 31.3 Å². The van der Waals surface area contributed by atoms with Gasteiger partial charge in [-0.05, 0) is 49.6 Å². The van der Waals surface area contributed by atoms with E-state index in [2.05, 4.69) is 5.32 Å². The first kappa shape index (κ1) is 31.5. The van der Waals surface area contributed by atoms with Crippen LogP contribution in [0.3, 0.4) is 0 Å². The molecule has 0 aliphatic heterocycles. The lowest BCUT2D eigenvalue weighted by molar-refractivity contribution is -0.140. The highest BCUT2D eigenvalue weighted by Gasteiger charge is 2.32. The predicted molar refractivity (Wildman–Crippen MR) is 151 cm³/mol. The zero-order valence-electron chi connectivity index (χ0n) is 22.5. The van der Waals surface area contributed by atoms with Crippen LogP contribution in [-0.2, 0) is 26.2 Å². The number of carbonyl (C=O) groups is 2. The zero-order chi connectivity index (χ0) is 28.6. The minimum atomic E-state index is -3.90. The van der Waals surface area contributed by atoms with E-state index in [1.807, 2.05) is 13.8 Å². The summed E-state index contributed by atoms with van der Waals surface area (Å²) >= 11 is 12.3. The van der Waals surface area contributed by atoms with Crippen molar-refractivity contribution in [1.29, 1.82) is 0 Å². The lowest BCUT2D eigenvalue weighted by Gasteiger charge is -2.33. The Morgan fingerprint density at radius 1 is 0.974 bits per heavy atom. The summed E-state index contributed by atoms with van der Waals surface area (Å²) in [5.74, 6) is -0.183. The van der Waals surface area contributed by atoms with Gasteiger partial charge in [-0.2, -0.15) is 0 Å². The van der Waals surface area contributed by atoms with Gasteiger partial charge >= 0.3 is 0 Å². The number of amides is 2. The number of ether oxygens (including phenoxy) is 2. The van der Waals surface area contributed by atoms with Crippen LogP contribution in [-0.4, -0.2) is 64.2 Å². The number of halogens is 2. The van der Waals surface area contributed by atoms with Crippen molar-refractivity contribution in [2.45, 2.75) is 52.2 Å². The molecule has 0 saturated carbocycles. The number of rotatable bonds is 13. The molecule has 0 saturated heterocycles. The fourth-order valence-corrected chi connectivity index (χ4v) is 4.95. The van der Waals surface area contributed by atoms with Gasteiger partial charge in [0.15, 0.2) is 11.5 Å². The summed E-state index contributed by atoms with van der Waals surface area (Å²) in [5.41, 5.74) is 0.852. The maximum absolute atomic E-state index is 13.8. The van der Waals surface area contributed by atoms with Crippen LogP contribution in [0.15, 0.2) is 36.4 Å². The Kier molecular flexibility index (Phi) is 11.5. The van der Waals surface area contributed by atoms with Crippen LogP contribution < -0.4 is 19.1 Å². The first-order chi connectivity index (χ1) is 17.9. The van der Waals surface area contributed by atoms with Gasteiger partial charge in [0.2, 0.25) is 21.8 Å². The molecule has 0 aliphatic carbocycles. The SMILES string of the molecule is CCC(C)NC(=O)C(CC)N(Cc1ccc(Cl)c(Cl)c1)C(=O)CN(c1ccc(OC)c(OC)c1)S(C)(=O)=O. The predicted octanol–water partition coefficient (Wildman–Crippen LogP) is 4.50. The third kappa shape index (κ3) is 8.15. The molecule has 38 heavy (non-hydrogen) atoms. The summed E-state index contributed by atoms with van der Waals surface area (Å²) in [4.78, 5) is 28.4. The van der Waals surface area contributed by atoms with E-state index >= 15 is 0 Å². The van der Waals surface area contributed by atoms with Gasteiger partial charge in [-0.1, -0.05) is 43.1 Å². The number of hydrogen-bond donors (Lipinski definition) is 1. The average Bonchev–Trinajstić information content (AvgIpc) is 2.87. The van der Waals surface area contributed by atoms with Crippen molar-refractivity contribution >= 4 is 50.7 Å². The highest BCUT2D eigenvalue weighted by molar-refractivity contribution is 7.92. The Morgan fingerprint density at radius 3 is 2.16 bits per heavy atom. The number of methoxy groups -OCH3 is 2. The largest absolute Gasteiger partial charge is 0.493 e. The van der Waals surface area contributed by atoms with Crippen LogP contribution in [0.4, 0.5) is 5.69 Å². The molecule has 0 radical (unpaired) electrons. The molecule has 210 valence electrons. The van der Waals surface area contributed by atoms with Crippen LogP contribution in [0, 0.1) is 0 Å². The molecule has 0 bridgehead atoms. The third-order valence-electron chi connectivity index (χ3n) is 6.06. The summed E-state index contributed by atoms with van der Waals surface area (Å²) in [7, 11) is -1.01. The van der Waals surface area contributed by atoms with Crippen molar-refractivity contribution in [3.63, 3.8) is 0 Å². The molecule has 2 atom stereocenters. The van der Waals surface area contributed by atoms with Crippen molar-refractivity contribution < 1.29 is 27.5 Å². The molecule has 12 heteroatoms. The molecule has 2 rings (SSSR count). The monoisotopic (exact) mass is 587 g/mol. The van der Waals surface area contributed by atoms with E-state index in [9.17, 15) is 18.0 Å².